The predicted octanol–water partition coefficient (Wildman–Crippen LogP) is 8.33. The Bertz CT molecular complexity index is 1430. The third kappa shape index (κ3) is 6.48. The first-order chi connectivity index (χ1) is 18.9. The van der Waals surface area contributed by atoms with Crippen molar-refractivity contribution in [2.24, 2.45) is 0 Å². The molecule has 3 aromatic rings. The molecule has 4 rings (SSSR count). The fourth-order valence-electron chi connectivity index (χ4n) is 4.75. The molecule has 1 aliphatic rings. The summed E-state index contributed by atoms with van der Waals surface area (Å²) in [5.41, 5.74) is 4.71. The third-order valence-corrected chi connectivity index (χ3v) is 17.0. The van der Waals surface area contributed by atoms with Crippen molar-refractivity contribution in [3.05, 3.63) is 89.0 Å². The van der Waals surface area contributed by atoms with Crippen molar-refractivity contribution in [1.82, 2.24) is 0 Å². The zero-order valence-electron chi connectivity index (χ0n) is 26.0. The molecule has 1 aliphatic heterocycles. The average molecular weight is 591 g/mol. The minimum absolute atomic E-state index is 0.0287. The molecule has 0 aliphatic carbocycles. The van der Waals surface area contributed by atoms with Gasteiger partial charge in [0.15, 0.2) is 8.32 Å². The normalized spacial score (nSPS) is 15.3. The summed E-state index contributed by atoms with van der Waals surface area (Å²) in [4.78, 5) is 10.8. The molecule has 1 unspecified atom stereocenters. The monoisotopic (exact) mass is 590 g/mol. The average Bonchev–Trinajstić information content (AvgIpc) is 2.86. The molecule has 220 valence electrons. The zero-order chi connectivity index (χ0) is 30.4. The van der Waals surface area contributed by atoms with E-state index in [1.165, 1.54) is 0 Å². The number of rotatable bonds is 8. The number of aliphatic hydroxyl groups excluding tert-OH is 1. The highest BCUT2D eigenvalue weighted by molar-refractivity contribution is 6.74. The number of hydrogen-bond acceptors (Lipinski definition) is 5. The number of aliphatic hydroxyl groups is 1. The lowest BCUT2D eigenvalue weighted by Crippen LogP contribution is -2.43. The SMILES string of the molecule is CC(C)(Cc1ccc2c(c1)OCC(c1ccc(O[Si](C)(C)C(C)(C)C)cc1O)=C2C(O)c1ccccc1)[Si](C)(C)O. The first-order valence-electron chi connectivity index (χ1n) is 14.4. The van der Waals surface area contributed by atoms with E-state index in [2.05, 4.69) is 53.8 Å². The summed E-state index contributed by atoms with van der Waals surface area (Å²) in [6.07, 6.45) is -0.189. The van der Waals surface area contributed by atoms with Gasteiger partial charge < -0.3 is 24.2 Å². The van der Waals surface area contributed by atoms with Gasteiger partial charge in [-0.1, -0.05) is 77.1 Å². The van der Waals surface area contributed by atoms with Crippen LogP contribution in [0, 0.1) is 0 Å². The topological polar surface area (TPSA) is 79.2 Å². The molecule has 0 spiro atoms. The lowest BCUT2D eigenvalue weighted by atomic mass is 9.85. The van der Waals surface area contributed by atoms with Crippen molar-refractivity contribution in [3.8, 4) is 17.2 Å². The molecule has 3 aromatic carbocycles. The highest BCUT2D eigenvalue weighted by Crippen LogP contribution is 2.47. The van der Waals surface area contributed by atoms with Crippen LogP contribution in [0.15, 0.2) is 66.7 Å². The van der Waals surface area contributed by atoms with Crippen LogP contribution in [0.5, 0.6) is 17.2 Å². The molecule has 0 aromatic heterocycles. The summed E-state index contributed by atoms with van der Waals surface area (Å²) < 4.78 is 12.7. The van der Waals surface area contributed by atoms with Crippen molar-refractivity contribution in [2.75, 3.05) is 6.61 Å². The lowest BCUT2D eigenvalue weighted by molar-refractivity contribution is 0.235. The first kappa shape index (κ1) is 31.1. The fraction of sp³-hybridized carbons (Fsp3) is 0.412. The molecule has 1 heterocycles. The van der Waals surface area contributed by atoms with Gasteiger partial charge in [0.25, 0.3) is 0 Å². The Balaban J connectivity index is 1.80. The van der Waals surface area contributed by atoms with Crippen LogP contribution in [-0.2, 0) is 6.42 Å². The molecule has 0 saturated carbocycles. The molecule has 0 saturated heterocycles. The maximum atomic E-state index is 11.7. The Kier molecular flexibility index (Phi) is 8.42. The van der Waals surface area contributed by atoms with Gasteiger partial charge in [0, 0.05) is 28.3 Å². The van der Waals surface area contributed by atoms with Crippen LogP contribution < -0.4 is 9.16 Å². The van der Waals surface area contributed by atoms with E-state index in [0.717, 1.165) is 28.7 Å². The van der Waals surface area contributed by atoms with Gasteiger partial charge in [-0.3, -0.25) is 0 Å². The summed E-state index contributed by atoms with van der Waals surface area (Å²) in [7, 11) is -4.48. The van der Waals surface area contributed by atoms with Crippen LogP contribution in [-0.4, -0.2) is 38.3 Å². The Morgan fingerprint density at radius 1 is 0.878 bits per heavy atom. The van der Waals surface area contributed by atoms with Crippen molar-refractivity contribution >= 4 is 27.8 Å². The number of ether oxygens (including phenoxy) is 1. The minimum Gasteiger partial charge on any atom is -0.543 e. The van der Waals surface area contributed by atoms with Gasteiger partial charge in [-0.2, -0.15) is 0 Å². The van der Waals surface area contributed by atoms with Gasteiger partial charge in [-0.15, -0.1) is 0 Å². The van der Waals surface area contributed by atoms with Crippen LogP contribution in [0.3, 0.4) is 0 Å². The van der Waals surface area contributed by atoms with E-state index in [9.17, 15) is 15.0 Å². The van der Waals surface area contributed by atoms with Gasteiger partial charge >= 0.3 is 0 Å². The number of fused-ring (bicyclic) bond motifs is 1. The van der Waals surface area contributed by atoms with E-state index in [4.69, 9.17) is 9.16 Å². The third-order valence-electron chi connectivity index (χ3n) is 9.20. The summed E-state index contributed by atoms with van der Waals surface area (Å²) in [6.45, 7) is 19.3. The van der Waals surface area contributed by atoms with Gasteiger partial charge in [0.2, 0.25) is 8.32 Å². The summed E-state index contributed by atoms with van der Waals surface area (Å²) in [6, 6.07) is 21.1. The Morgan fingerprint density at radius 2 is 1.51 bits per heavy atom. The first-order valence-corrected chi connectivity index (χ1v) is 20.2. The molecule has 1 atom stereocenters. The van der Waals surface area contributed by atoms with E-state index in [1.807, 2.05) is 67.7 Å². The smallest absolute Gasteiger partial charge is 0.250 e. The second kappa shape index (κ2) is 11.1. The van der Waals surface area contributed by atoms with Crippen LogP contribution in [0.2, 0.25) is 36.3 Å². The predicted molar refractivity (Wildman–Crippen MR) is 174 cm³/mol. The van der Waals surface area contributed by atoms with Crippen molar-refractivity contribution in [3.63, 3.8) is 0 Å². The Morgan fingerprint density at radius 3 is 2.10 bits per heavy atom. The number of benzene rings is 3. The Hall–Kier alpha value is -2.85. The minimum atomic E-state index is -2.40. The fourth-order valence-corrected chi connectivity index (χ4v) is 6.41. The maximum absolute atomic E-state index is 11.7. The molecular formula is C34H46O5Si2. The maximum Gasteiger partial charge on any atom is 0.250 e. The highest BCUT2D eigenvalue weighted by Gasteiger charge is 2.40. The van der Waals surface area contributed by atoms with Gasteiger partial charge in [0.1, 0.15) is 30.0 Å². The summed E-state index contributed by atoms with van der Waals surface area (Å²) in [5, 5.41) is 22.8. The van der Waals surface area contributed by atoms with Crippen LogP contribution in [0.4, 0.5) is 0 Å². The molecule has 0 radical (unpaired) electrons. The summed E-state index contributed by atoms with van der Waals surface area (Å²) in [5.74, 6) is 1.43. The molecular weight excluding hydrogens is 545 g/mol. The standard InChI is InChI=1S/C34H46O5Si2/c1-33(2,3)41(8,9)39-25-16-18-26(29(35)20-25)28-22-38-30-19-23(21-34(4,5)40(6,7)37)15-17-27(30)31(28)32(36)24-13-11-10-12-14-24/h10-20,32,35-37H,21-22H2,1-9H3. The van der Waals surface area contributed by atoms with Crippen LogP contribution in [0.1, 0.15) is 63.0 Å². The van der Waals surface area contributed by atoms with E-state index in [0.29, 0.717) is 22.6 Å². The number of hydrogen-bond donors (Lipinski definition) is 3. The van der Waals surface area contributed by atoms with Gasteiger partial charge in [-0.25, -0.2) is 0 Å². The van der Waals surface area contributed by atoms with Crippen LogP contribution in [0.25, 0.3) is 11.1 Å². The molecule has 0 amide bonds. The molecule has 5 nitrogen and oxygen atoms in total. The summed E-state index contributed by atoms with van der Waals surface area (Å²) >= 11 is 0. The molecule has 41 heavy (non-hydrogen) atoms. The molecule has 7 heteroatoms. The molecule has 0 bridgehead atoms. The number of phenols is 1. The quantitative estimate of drug-likeness (QED) is 0.230. The largest absolute Gasteiger partial charge is 0.543 e. The van der Waals surface area contributed by atoms with E-state index < -0.39 is 22.7 Å². The Labute approximate surface area is 247 Å². The lowest BCUT2D eigenvalue weighted by Gasteiger charge is -2.36. The zero-order valence-corrected chi connectivity index (χ0v) is 28.0. The highest BCUT2D eigenvalue weighted by atomic mass is 28.4. The number of aromatic hydroxyl groups is 1. The van der Waals surface area contributed by atoms with E-state index in [1.54, 1.807) is 6.07 Å². The van der Waals surface area contributed by atoms with E-state index >= 15 is 0 Å². The van der Waals surface area contributed by atoms with Crippen molar-refractivity contribution < 1.29 is 24.2 Å². The van der Waals surface area contributed by atoms with Crippen LogP contribution >= 0.6 is 0 Å². The number of phenolic OH excluding ortho intramolecular Hbond substituents is 1. The van der Waals surface area contributed by atoms with E-state index in [-0.39, 0.29) is 22.4 Å². The van der Waals surface area contributed by atoms with Crippen molar-refractivity contribution in [2.45, 2.75) is 83.4 Å². The van der Waals surface area contributed by atoms with Gasteiger partial charge in [0.05, 0.1) is 0 Å². The molecule has 3 N–H and O–H groups in total. The molecule has 0 fully saturated rings. The van der Waals surface area contributed by atoms with Crippen molar-refractivity contribution in [1.29, 1.82) is 0 Å². The second-order valence-corrected chi connectivity index (χ2v) is 23.2. The van der Waals surface area contributed by atoms with Gasteiger partial charge in [-0.05, 0) is 72.0 Å². The second-order valence-electron chi connectivity index (χ2n) is 14.0.